The number of likely N-dealkylation sites (tertiary alicyclic amines) is 1. The first-order valence-corrected chi connectivity index (χ1v) is 8.05. The summed E-state index contributed by atoms with van der Waals surface area (Å²) in [4.78, 5) is 25.6. The molecule has 2 saturated heterocycles. The molecule has 1 aromatic heterocycles. The lowest BCUT2D eigenvalue weighted by Gasteiger charge is -2.26. The number of hydrogen-bond donors (Lipinski definition) is 1. The van der Waals surface area contributed by atoms with Crippen molar-refractivity contribution in [2.45, 2.75) is 51.6 Å². The number of likely N-dealkylation sites (N-methyl/N-ethyl adjacent to an activating group) is 1. The molecule has 0 aliphatic carbocycles. The summed E-state index contributed by atoms with van der Waals surface area (Å²) in [7, 11) is 2.19. The van der Waals surface area contributed by atoms with Crippen molar-refractivity contribution in [3.05, 3.63) is 17.0 Å². The van der Waals surface area contributed by atoms with Crippen LogP contribution in [0.4, 0.5) is 5.95 Å². The van der Waals surface area contributed by atoms with Gasteiger partial charge in [-0.3, -0.25) is 9.69 Å². The predicted octanol–water partition coefficient (Wildman–Crippen LogP) is 0.913. The molecule has 3 heterocycles. The summed E-state index contributed by atoms with van der Waals surface area (Å²) in [6.07, 6.45) is 3.93. The average molecular weight is 303 g/mol. The Balaban J connectivity index is 1.73. The highest BCUT2D eigenvalue weighted by Crippen LogP contribution is 2.28. The van der Waals surface area contributed by atoms with E-state index in [0.29, 0.717) is 18.5 Å². The molecule has 6 heteroatoms. The second kappa shape index (κ2) is 5.83. The monoisotopic (exact) mass is 303 g/mol. The molecule has 2 fully saturated rings. The number of carbonyl (C=O) groups excluding carboxylic acids is 1. The average Bonchev–Trinajstić information content (AvgIpc) is 2.67. The van der Waals surface area contributed by atoms with E-state index in [0.717, 1.165) is 36.5 Å². The van der Waals surface area contributed by atoms with Gasteiger partial charge in [0.25, 0.3) is 0 Å². The highest BCUT2D eigenvalue weighted by Gasteiger charge is 2.36. The number of anilines is 1. The van der Waals surface area contributed by atoms with Crippen molar-refractivity contribution < 1.29 is 4.79 Å². The van der Waals surface area contributed by atoms with Crippen molar-refractivity contribution in [1.29, 1.82) is 0 Å². The fraction of sp³-hybridized carbons (Fsp3) is 0.688. The van der Waals surface area contributed by atoms with Gasteiger partial charge in [0.05, 0.1) is 6.42 Å². The number of aryl methyl sites for hydroxylation is 2. The number of nitrogen functional groups attached to an aromatic ring is 1. The molecule has 22 heavy (non-hydrogen) atoms. The first kappa shape index (κ1) is 15.2. The maximum atomic E-state index is 12.7. The molecule has 120 valence electrons. The fourth-order valence-electron chi connectivity index (χ4n) is 3.82. The number of fused-ring (bicyclic) bond motifs is 2. The minimum Gasteiger partial charge on any atom is -0.368 e. The summed E-state index contributed by atoms with van der Waals surface area (Å²) in [5.74, 6) is 0.459. The Labute approximate surface area is 131 Å². The smallest absolute Gasteiger partial charge is 0.227 e. The van der Waals surface area contributed by atoms with E-state index in [2.05, 4.69) is 21.9 Å². The molecule has 2 bridgehead atoms. The first-order valence-electron chi connectivity index (χ1n) is 8.05. The molecular formula is C16H25N5O. The van der Waals surface area contributed by atoms with E-state index in [1.807, 2.05) is 18.7 Å². The van der Waals surface area contributed by atoms with Crippen LogP contribution in [0.1, 0.15) is 36.2 Å². The van der Waals surface area contributed by atoms with E-state index in [-0.39, 0.29) is 11.9 Å². The zero-order chi connectivity index (χ0) is 15.9. The number of hydrogen-bond acceptors (Lipinski definition) is 5. The highest BCUT2D eigenvalue weighted by atomic mass is 16.2. The SMILES string of the molecule is Cc1nc(N)nc(C)c1CC(=O)N1CC[C@H]2CC[C@@H](C1)N2C. The molecule has 6 nitrogen and oxygen atoms in total. The second-order valence-corrected chi connectivity index (χ2v) is 6.59. The molecule has 0 unspecified atom stereocenters. The maximum Gasteiger partial charge on any atom is 0.227 e. The molecule has 2 aliphatic rings. The Morgan fingerprint density at radius 2 is 1.82 bits per heavy atom. The van der Waals surface area contributed by atoms with E-state index < -0.39 is 0 Å². The standard InChI is InChI=1S/C16H25N5O/c1-10-14(11(2)19-16(17)18-10)8-15(22)21-7-6-12-4-5-13(9-21)20(12)3/h12-13H,4-9H2,1-3H3,(H2,17,18,19)/t12-,13+/m1/s1. The molecular weight excluding hydrogens is 278 g/mol. The van der Waals surface area contributed by atoms with Crippen molar-refractivity contribution in [1.82, 2.24) is 19.8 Å². The van der Waals surface area contributed by atoms with Gasteiger partial charge in [-0.2, -0.15) is 0 Å². The van der Waals surface area contributed by atoms with Crippen LogP contribution in [0.5, 0.6) is 0 Å². The first-order chi connectivity index (χ1) is 10.5. The van der Waals surface area contributed by atoms with Gasteiger partial charge in [0.1, 0.15) is 0 Å². The zero-order valence-corrected chi connectivity index (χ0v) is 13.7. The molecule has 1 aromatic rings. The molecule has 0 radical (unpaired) electrons. The topological polar surface area (TPSA) is 75.3 Å². The molecule has 2 N–H and O–H groups in total. The lowest BCUT2D eigenvalue weighted by Crippen LogP contribution is -2.40. The zero-order valence-electron chi connectivity index (χ0n) is 13.7. The van der Waals surface area contributed by atoms with Crippen LogP contribution < -0.4 is 5.73 Å². The van der Waals surface area contributed by atoms with Gasteiger partial charge in [-0.25, -0.2) is 9.97 Å². The van der Waals surface area contributed by atoms with E-state index >= 15 is 0 Å². The Kier molecular flexibility index (Phi) is 4.04. The Morgan fingerprint density at radius 3 is 2.50 bits per heavy atom. The summed E-state index contributed by atoms with van der Waals surface area (Å²) in [5.41, 5.74) is 8.20. The number of aromatic nitrogens is 2. The summed E-state index contributed by atoms with van der Waals surface area (Å²) >= 11 is 0. The maximum absolute atomic E-state index is 12.7. The third-order valence-corrected chi connectivity index (χ3v) is 5.27. The van der Waals surface area contributed by atoms with Crippen LogP contribution in [0.25, 0.3) is 0 Å². The Bertz CT molecular complexity index is 565. The molecule has 3 rings (SSSR count). The van der Waals surface area contributed by atoms with Crippen LogP contribution in [0.15, 0.2) is 0 Å². The van der Waals surface area contributed by atoms with Gasteiger partial charge in [-0.15, -0.1) is 0 Å². The van der Waals surface area contributed by atoms with Crippen LogP contribution in [-0.4, -0.2) is 57.9 Å². The van der Waals surface area contributed by atoms with Gasteiger partial charge >= 0.3 is 0 Å². The lowest BCUT2D eigenvalue weighted by molar-refractivity contribution is -0.130. The fourth-order valence-corrected chi connectivity index (χ4v) is 3.82. The number of nitrogens with zero attached hydrogens (tertiary/aromatic N) is 4. The van der Waals surface area contributed by atoms with Gasteiger partial charge in [-0.05, 0) is 40.2 Å². The molecule has 2 aliphatic heterocycles. The molecule has 0 aromatic carbocycles. The summed E-state index contributed by atoms with van der Waals surface area (Å²) in [6, 6.07) is 1.16. The lowest BCUT2D eigenvalue weighted by atomic mass is 10.1. The van der Waals surface area contributed by atoms with Crippen molar-refractivity contribution in [2.24, 2.45) is 0 Å². The number of carbonyl (C=O) groups is 1. The summed E-state index contributed by atoms with van der Waals surface area (Å²) in [6.45, 7) is 5.50. The minimum absolute atomic E-state index is 0.181. The third-order valence-electron chi connectivity index (χ3n) is 5.27. The van der Waals surface area contributed by atoms with E-state index in [1.54, 1.807) is 0 Å². The minimum atomic E-state index is 0.181. The summed E-state index contributed by atoms with van der Waals surface area (Å²) < 4.78 is 0. The molecule has 2 atom stereocenters. The Hall–Kier alpha value is -1.69. The van der Waals surface area contributed by atoms with Gasteiger partial charge in [0.2, 0.25) is 11.9 Å². The summed E-state index contributed by atoms with van der Waals surface area (Å²) in [5, 5.41) is 0. The van der Waals surface area contributed by atoms with Crippen molar-refractivity contribution in [3.8, 4) is 0 Å². The van der Waals surface area contributed by atoms with Crippen LogP contribution in [0.3, 0.4) is 0 Å². The van der Waals surface area contributed by atoms with E-state index in [4.69, 9.17) is 5.73 Å². The van der Waals surface area contributed by atoms with E-state index in [9.17, 15) is 4.79 Å². The highest BCUT2D eigenvalue weighted by molar-refractivity contribution is 5.79. The van der Waals surface area contributed by atoms with Crippen LogP contribution in [-0.2, 0) is 11.2 Å². The molecule has 0 saturated carbocycles. The van der Waals surface area contributed by atoms with Gasteiger partial charge < -0.3 is 10.6 Å². The van der Waals surface area contributed by atoms with Crippen molar-refractivity contribution >= 4 is 11.9 Å². The van der Waals surface area contributed by atoms with Crippen LogP contribution in [0.2, 0.25) is 0 Å². The Morgan fingerprint density at radius 1 is 1.18 bits per heavy atom. The van der Waals surface area contributed by atoms with Crippen LogP contribution >= 0.6 is 0 Å². The van der Waals surface area contributed by atoms with Gasteiger partial charge in [0, 0.05) is 42.1 Å². The quantitative estimate of drug-likeness (QED) is 0.879. The van der Waals surface area contributed by atoms with Crippen molar-refractivity contribution in [3.63, 3.8) is 0 Å². The van der Waals surface area contributed by atoms with E-state index in [1.165, 1.54) is 12.8 Å². The number of rotatable bonds is 2. The van der Waals surface area contributed by atoms with Gasteiger partial charge in [0.15, 0.2) is 0 Å². The second-order valence-electron chi connectivity index (χ2n) is 6.59. The number of amides is 1. The third kappa shape index (κ3) is 2.79. The molecule has 1 amide bonds. The largest absolute Gasteiger partial charge is 0.368 e. The molecule has 0 spiro atoms. The van der Waals surface area contributed by atoms with Gasteiger partial charge in [-0.1, -0.05) is 0 Å². The van der Waals surface area contributed by atoms with Crippen molar-refractivity contribution in [2.75, 3.05) is 25.9 Å². The van der Waals surface area contributed by atoms with Crippen LogP contribution in [0, 0.1) is 13.8 Å². The predicted molar refractivity (Wildman–Crippen MR) is 85.4 cm³/mol. The number of nitrogens with two attached hydrogens (primary N) is 1. The normalized spacial score (nSPS) is 25.3.